The molecule has 0 aliphatic heterocycles. The fourth-order valence-corrected chi connectivity index (χ4v) is 0.607. The summed E-state index contributed by atoms with van der Waals surface area (Å²) in [6.07, 6.45) is -5.08. The quantitative estimate of drug-likeness (QED) is 0.584. The van der Waals surface area contributed by atoms with Crippen LogP contribution in [0, 0.1) is 0 Å². The van der Waals surface area contributed by atoms with Crippen LogP contribution in [0.15, 0.2) is 24.3 Å². The molecule has 90 valence electrons. The molecule has 0 saturated carbocycles. The highest BCUT2D eigenvalue weighted by molar-refractivity contribution is 5.73. The van der Waals surface area contributed by atoms with Crippen molar-refractivity contribution in [2.24, 2.45) is 0 Å². The number of aliphatic carboxylic acids is 1. The van der Waals surface area contributed by atoms with Crippen LogP contribution in [0.3, 0.4) is 0 Å². The van der Waals surface area contributed by atoms with Crippen molar-refractivity contribution in [2.75, 3.05) is 5.73 Å². The van der Waals surface area contributed by atoms with Crippen LogP contribution in [0.25, 0.3) is 0 Å². The van der Waals surface area contributed by atoms with E-state index in [1.54, 1.807) is 24.3 Å². The molecule has 0 amide bonds. The van der Waals surface area contributed by atoms with Crippen molar-refractivity contribution in [3.8, 4) is 0 Å². The third-order valence-corrected chi connectivity index (χ3v) is 1.38. The summed E-state index contributed by atoms with van der Waals surface area (Å²) in [6.45, 7) is -0.416. The van der Waals surface area contributed by atoms with Gasteiger partial charge in [-0.3, -0.25) is 0 Å². The molecule has 0 radical (unpaired) electrons. The molecular formula is C9H9F4NO2. The Balaban J connectivity index is 0.000000293. The van der Waals surface area contributed by atoms with E-state index in [0.717, 1.165) is 0 Å². The van der Waals surface area contributed by atoms with Crippen molar-refractivity contribution in [2.45, 2.75) is 12.9 Å². The highest BCUT2D eigenvalue weighted by Gasteiger charge is 2.38. The van der Waals surface area contributed by atoms with Crippen molar-refractivity contribution < 1.29 is 27.5 Å². The Morgan fingerprint density at radius 1 is 1.25 bits per heavy atom. The van der Waals surface area contributed by atoms with Crippen LogP contribution >= 0.6 is 0 Å². The largest absolute Gasteiger partial charge is 0.490 e. The van der Waals surface area contributed by atoms with Crippen molar-refractivity contribution in [3.63, 3.8) is 0 Å². The molecule has 0 atom stereocenters. The van der Waals surface area contributed by atoms with Gasteiger partial charge in [0.1, 0.15) is 6.67 Å². The number of rotatable bonds is 1. The molecule has 3 nitrogen and oxygen atoms in total. The second-order valence-corrected chi connectivity index (χ2v) is 2.68. The molecule has 0 heterocycles. The average Bonchev–Trinajstić information content (AvgIpc) is 2.18. The Hall–Kier alpha value is -1.79. The smallest absolute Gasteiger partial charge is 0.475 e. The van der Waals surface area contributed by atoms with Gasteiger partial charge in [0.25, 0.3) is 0 Å². The molecule has 0 bridgehead atoms. The fraction of sp³-hybridized carbons (Fsp3) is 0.222. The number of benzene rings is 1. The van der Waals surface area contributed by atoms with E-state index in [2.05, 4.69) is 0 Å². The maximum atomic E-state index is 11.8. The summed E-state index contributed by atoms with van der Waals surface area (Å²) in [7, 11) is 0. The van der Waals surface area contributed by atoms with Gasteiger partial charge in [-0.15, -0.1) is 0 Å². The van der Waals surface area contributed by atoms with Crippen LogP contribution in [0.5, 0.6) is 0 Å². The first kappa shape index (κ1) is 14.2. The summed E-state index contributed by atoms with van der Waals surface area (Å²) >= 11 is 0. The van der Waals surface area contributed by atoms with E-state index in [0.29, 0.717) is 11.3 Å². The Morgan fingerprint density at radius 3 is 1.88 bits per heavy atom. The molecular weight excluding hydrogens is 230 g/mol. The normalized spacial score (nSPS) is 10.2. The Kier molecular flexibility index (Phi) is 5.27. The number of carboxylic acid groups (broad SMARTS) is 1. The summed E-state index contributed by atoms with van der Waals surface area (Å²) in [5, 5.41) is 7.12. The van der Waals surface area contributed by atoms with Gasteiger partial charge in [0.05, 0.1) is 0 Å². The molecule has 0 saturated heterocycles. The minimum Gasteiger partial charge on any atom is -0.475 e. The SMILES string of the molecule is Nc1ccc(CF)cc1.O=C(O)C(F)(F)F. The lowest BCUT2D eigenvalue weighted by atomic mass is 10.2. The van der Waals surface area contributed by atoms with E-state index in [-0.39, 0.29) is 0 Å². The molecule has 0 spiro atoms. The predicted octanol–water partition coefficient (Wildman–Crippen LogP) is 2.37. The zero-order chi connectivity index (χ0) is 12.8. The zero-order valence-electron chi connectivity index (χ0n) is 7.96. The minimum atomic E-state index is -5.08. The zero-order valence-corrected chi connectivity index (χ0v) is 7.96. The van der Waals surface area contributed by atoms with Crippen LogP contribution in [0.1, 0.15) is 5.56 Å². The molecule has 1 rings (SSSR count). The van der Waals surface area contributed by atoms with Crippen LogP contribution < -0.4 is 5.73 Å². The third-order valence-electron chi connectivity index (χ3n) is 1.38. The lowest BCUT2D eigenvalue weighted by Gasteiger charge is -1.93. The standard InChI is InChI=1S/C7H8FN.C2HF3O2/c8-5-6-1-3-7(9)4-2-6;3-2(4,5)1(6)7/h1-4H,5,9H2;(H,6,7). The van der Waals surface area contributed by atoms with E-state index < -0.39 is 18.8 Å². The van der Waals surface area contributed by atoms with E-state index in [4.69, 9.17) is 15.6 Å². The number of alkyl halides is 4. The molecule has 7 heteroatoms. The number of halogens is 4. The molecule has 16 heavy (non-hydrogen) atoms. The predicted molar refractivity (Wildman–Crippen MR) is 49.4 cm³/mol. The number of hydrogen-bond donors (Lipinski definition) is 2. The fourth-order valence-electron chi connectivity index (χ4n) is 0.607. The van der Waals surface area contributed by atoms with Crippen molar-refractivity contribution in [1.29, 1.82) is 0 Å². The van der Waals surface area contributed by atoms with Gasteiger partial charge in [0.2, 0.25) is 0 Å². The van der Waals surface area contributed by atoms with Crippen LogP contribution in [-0.2, 0) is 11.5 Å². The topological polar surface area (TPSA) is 63.3 Å². The monoisotopic (exact) mass is 239 g/mol. The maximum absolute atomic E-state index is 11.8. The van der Waals surface area contributed by atoms with E-state index >= 15 is 0 Å². The average molecular weight is 239 g/mol. The molecule has 0 unspecified atom stereocenters. The maximum Gasteiger partial charge on any atom is 0.490 e. The molecule has 0 aromatic heterocycles. The summed E-state index contributed by atoms with van der Waals surface area (Å²) in [6, 6.07) is 6.73. The highest BCUT2D eigenvalue weighted by atomic mass is 19.4. The molecule has 1 aromatic rings. The van der Waals surface area contributed by atoms with Crippen LogP contribution in [0.4, 0.5) is 23.2 Å². The molecule has 0 aliphatic rings. The molecule has 0 aliphatic carbocycles. The lowest BCUT2D eigenvalue weighted by molar-refractivity contribution is -0.192. The molecule has 3 N–H and O–H groups in total. The Morgan fingerprint density at radius 2 is 1.62 bits per heavy atom. The summed E-state index contributed by atoms with van der Waals surface area (Å²) in [5.41, 5.74) is 6.70. The van der Waals surface area contributed by atoms with E-state index in [1.807, 2.05) is 0 Å². The van der Waals surface area contributed by atoms with Gasteiger partial charge in [-0.25, -0.2) is 9.18 Å². The first-order valence-electron chi connectivity index (χ1n) is 3.98. The first-order valence-corrected chi connectivity index (χ1v) is 3.98. The van der Waals surface area contributed by atoms with Gasteiger partial charge < -0.3 is 10.8 Å². The lowest BCUT2D eigenvalue weighted by Crippen LogP contribution is -2.21. The Labute approximate surface area is 88.5 Å². The van der Waals surface area contributed by atoms with Crippen molar-refractivity contribution >= 4 is 11.7 Å². The third kappa shape index (κ3) is 5.84. The first-order chi connectivity index (χ1) is 7.27. The number of carbonyl (C=O) groups is 1. The summed E-state index contributed by atoms with van der Waals surface area (Å²) < 4.78 is 43.6. The summed E-state index contributed by atoms with van der Waals surface area (Å²) in [4.78, 5) is 8.90. The number of anilines is 1. The second-order valence-electron chi connectivity index (χ2n) is 2.68. The molecule has 0 fully saturated rings. The molecule has 1 aromatic carbocycles. The van der Waals surface area contributed by atoms with Gasteiger partial charge in [-0.2, -0.15) is 13.2 Å². The van der Waals surface area contributed by atoms with Gasteiger partial charge in [-0.1, -0.05) is 12.1 Å². The van der Waals surface area contributed by atoms with Crippen LogP contribution in [-0.4, -0.2) is 17.3 Å². The Bertz CT molecular complexity index is 334. The number of hydrogen-bond acceptors (Lipinski definition) is 2. The van der Waals surface area contributed by atoms with Crippen molar-refractivity contribution in [3.05, 3.63) is 29.8 Å². The van der Waals surface area contributed by atoms with E-state index in [1.165, 1.54) is 0 Å². The van der Waals surface area contributed by atoms with E-state index in [9.17, 15) is 17.6 Å². The summed E-state index contributed by atoms with van der Waals surface area (Å²) in [5.74, 6) is -2.76. The van der Waals surface area contributed by atoms with Gasteiger partial charge >= 0.3 is 12.1 Å². The second kappa shape index (κ2) is 5.94. The van der Waals surface area contributed by atoms with Gasteiger partial charge in [0, 0.05) is 5.69 Å². The van der Waals surface area contributed by atoms with Gasteiger partial charge in [0.15, 0.2) is 0 Å². The minimum absolute atomic E-state index is 0.416. The van der Waals surface area contributed by atoms with Crippen molar-refractivity contribution in [1.82, 2.24) is 0 Å². The number of nitrogen functional groups attached to an aromatic ring is 1. The number of carboxylic acids is 1. The number of nitrogens with two attached hydrogens (primary N) is 1. The van der Waals surface area contributed by atoms with Gasteiger partial charge in [-0.05, 0) is 17.7 Å². The van der Waals surface area contributed by atoms with Crippen LogP contribution in [0.2, 0.25) is 0 Å². The highest BCUT2D eigenvalue weighted by Crippen LogP contribution is 2.13.